The van der Waals surface area contributed by atoms with E-state index in [0.717, 1.165) is 41.4 Å². The monoisotopic (exact) mass is 583 g/mol. The average Bonchev–Trinajstić information content (AvgIpc) is 3.47. The quantitative estimate of drug-likeness (QED) is 0.270. The van der Waals surface area contributed by atoms with Gasteiger partial charge in [-0.05, 0) is 54.1 Å². The van der Waals surface area contributed by atoms with Gasteiger partial charge < -0.3 is 19.1 Å². The molecule has 2 heterocycles. The molecule has 0 saturated carbocycles. The number of carbonyl (C=O) groups excluding carboxylic acids is 2. The number of nitrogens with zero attached hydrogens (tertiary/aromatic N) is 4. The molecule has 1 aromatic heterocycles. The third-order valence-corrected chi connectivity index (χ3v) is 7.37. The maximum Gasteiger partial charge on any atom is 0.246 e. The fourth-order valence-corrected chi connectivity index (χ4v) is 4.91. The molecular weight excluding hydrogens is 546 g/mol. The van der Waals surface area contributed by atoms with E-state index in [2.05, 4.69) is 10.2 Å². The van der Waals surface area contributed by atoms with E-state index in [0.29, 0.717) is 37.9 Å². The lowest BCUT2D eigenvalue weighted by atomic mass is 10.1. The minimum Gasteiger partial charge on any atom is -0.497 e. The summed E-state index contributed by atoms with van der Waals surface area (Å²) in [5.74, 6) is 1.38. The molecule has 0 atom stereocenters. The van der Waals surface area contributed by atoms with Crippen LogP contribution in [0.5, 0.6) is 11.5 Å². The number of imidazole rings is 1. The lowest BCUT2D eigenvalue weighted by Gasteiger charge is -2.30. The first-order valence-corrected chi connectivity index (χ1v) is 14.3. The molecule has 1 aliphatic heterocycles. The lowest BCUT2D eigenvalue weighted by Crippen LogP contribution is -2.45. The van der Waals surface area contributed by atoms with E-state index < -0.39 is 0 Å². The Balaban J connectivity index is 1.36. The van der Waals surface area contributed by atoms with Crippen molar-refractivity contribution in [2.45, 2.75) is 6.42 Å². The minimum atomic E-state index is -0.329. The molecule has 1 aliphatic rings. The number of aromatic nitrogens is 2. The molecule has 224 valence electrons. The van der Waals surface area contributed by atoms with Crippen LogP contribution >= 0.6 is 0 Å². The van der Waals surface area contributed by atoms with Gasteiger partial charge in [0, 0.05) is 43.6 Å². The Labute approximate surface area is 251 Å². The highest BCUT2D eigenvalue weighted by molar-refractivity contribution is 5.94. The maximum atomic E-state index is 13.5. The molecule has 0 bridgehead atoms. The molecule has 0 spiro atoms. The van der Waals surface area contributed by atoms with Crippen LogP contribution in [-0.4, -0.2) is 91.3 Å². The molecule has 1 N–H and O–H groups in total. The molecule has 1 fully saturated rings. The van der Waals surface area contributed by atoms with Crippen LogP contribution in [0.25, 0.3) is 16.9 Å². The van der Waals surface area contributed by atoms with Gasteiger partial charge in [-0.15, -0.1) is 0 Å². The van der Waals surface area contributed by atoms with Crippen molar-refractivity contribution in [3.8, 4) is 28.4 Å². The van der Waals surface area contributed by atoms with E-state index in [-0.39, 0.29) is 24.8 Å². The average molecular weight is 584 g/mol. The van der Waals surface area contributed by atoms with Gasteiger partial charge in [0.25, 0.3) is 0 Å². The third kappa shape index (κ3) is 8.00. The van der Waals surface area contributed by atoms with Gasteiger partial charge in [0.2, 0.25) is 17.8 Å². The van der Waals surface area contributed by atoms with Gasteiger partial charge in [0.1, 0.15) is 11.5 Å². The van der Waals surface area contributed by atoms with Crippen molar-refractivity contribution in [1.82, 2.24) is 19.4 Å². The van der Waals surface area contributed by atoms with Crippen LogP contribution in [0.1, 0.15) is 5.56 Å². The van der Waals surface area contributed by atoms with Crippen molar-refractivity contribution in [3.05, 3.63) is 90.6 Å². The molecule has 0 radical (unpaired) electrons. The van der Waals surface area contributed by atoms with Gasteiger partial charge in [-0.2, -0.15) is 0 Å². The van der Waals surface area contributed by atoms with E-state index in [9.17, 15) is 9.59 Å². The Bertz CT molecular complexity index is 1480. The molecule has 2 amide bonds. The first kappa shape index (κ1) is 29.8. The van der Waals surface area contributed by atoms with Crippen LogP contribution < -0.4 is 14.8 Å². The second-order valence-corrected chi connectivity index (χ2v) is 10.2. The number of hydrogen-bond acceptors (Lipinski definition) is 7. The Morgan fingerprint density at radius 2 is 1.56 bits per heavy atom. The summed E-state index contributed by atoms with van der Waals surface area (Å²) in [6.07, 6.45) is 2.09. The zero-order valence-electron chi connectivity index (χ0n) is 24.6. The molecule has 1 saturated heterocycles. The molecule has 0 unspecified atom stereocenters. The molecule has 3 aromatic carbocycles. The first-order valence-electron chi connectivity index (χ1n) is 14.3. The number of nitrogens with one attached hydrogen (secondary N) is 1. The molecule has 0 aliphatic carbocycles. The number of methoxy groups -OCH3 is 2. The van der Waals surface area contributed by atoms with Crippen LogP contribution in [0, 0.1) is 0 Å². The molecule has 4 aromatic rings. The van der Waals surface area contributed by atoms with Crippen molar-refractivity contribution in [2.75, 3.05) is 65.5 Å². The third-order valence-electron chi connectivity index (χ3n) is 7.37. The summed E-state index contributed by atoms with van der Waals surface area (Å²) in [5, 5.41) is 2.97. The number of amides is 2. The second-order valence-electron chi connectivity index (χ2n) is 10.2. The zero-order chi connectivity index (χ0) is 30.0. The van der Waals surface area contributed by atoms with Crippen molar-refractivity contribution in [1.29, 1.82) is 0 Å². The summed E-state index contributed by atoms with van der Waals surface area (Å²) in [5.41, 5.74) is 3.25. The summed E-state index contributed by atoms with van der Waals surface area (Å²) < 4.78 is 17.9. The number of carbonyl (C=O) groups is 2. The highest BCUT2D eigenvalue weighted by Gasteiger charge is 2.22. The smallest absolute Gasteiger partial charge is 0.246 e. The Kier molecular flexibility index (Phi) is 10.0. The van der Waals surface area contributed by atoms with Crippen molar-refractivity contribution in [2.24, 2.45) is 0 Å². The van der Waals surface area contributed by atoms with Crippen molar-refractivity contribution < 1.29 is 23.8 Å². The number of benzene rings is 3. The van der Waals surface area contributed by atoms with Crippen molar-refractivity contribution in [3.63, 3.8) is 0 Å². The predicted octanol–water partition coefficient (Wildman–Crippen LogP) is 3.90. The Hall–Kier alpha value is -4.67. The minimum absolute atomic E-state index is 0.0939. The van der Waals surface area contributed by atoms with Gasteiger partial charge in [-0.1, -0.05) is 30.3 Å². The molecule has 10 nitrogen and oxygen atoms in total. The van der Waals surface area contributed by atoms with E-state index in [1.54, 1.807) is 19.1 Å². The summed E-state index contributed by atoms with van der Waals surface area (Å²) >= 11 is 0. The molecular formula is C33H37N5O5. The predicted molar refractivity (Wildman–Crippen MR) is 165 cm³/mol. The summed E-state index contributed by atoms with van der Waals surface area (Å²) in [7, 11) is 3.24. The Morgan fingerprint density at radius 1 is 0.907 bits per heavy atom. The van der Waals surface area contributed by atoms with Gasteiger partial charge in [-0.25, -0.2) is 4.98 Å². The van der Waals surface area contributed by atoms with Crippen LogP contribution in [-0.2, 0) is 20.7 Å². The van der Waals surface area contributed by atoms with Crippen LogP contribution in [0.2, 0.25) is 0 Å². The standard InChI is InChI=1S/C33H37N5O5/c1-41-28-12-8-26(9-13-28)30-23-38(27-10-14-29(42-2)15-11-27)33(34-30)35-31(39)24-37(17-16-36-18-20-43-21-19-36)32(40)22-25-6-4-3-5-7-25/h3-15,23H,16-22,24H2,1-2H3,(H,34,35,39). The highest BCUT2D eigenvalue weighted by atomic mass is 16.5. The Morgan fingerprint density at radius 3 is 2.21 bits per heavy atom. The van der Waals surface area contributed by atoms with Gasteiger partial charge >= 0.3 is 0 Å². The summed E-state index contributed by atoms with van der Waals surface area (Å²) in [4.78, 5) is 35.6. The summed E-state index contributed by atoms with van der Waals surface area (Å²) in [6, 6.07) is 24.6. The van der Waals surface area contributed by atoms with Crippen LogP contribution in [0.4, 0.5) is 5.95 Å². The second kappa shape index (κ2) is 14.5. The van der Waals surface area contributed by atoms with Crippen LogP contribution in [0.3, 0.4) is 0 Å². The highest BCUT2D eigenvalue weighted by Crippen LogP contribution is 2.27. The molecule has 10 heteroatoms. The normalized spacial score (nSPS) is 13.3. The number of ether oxygens (including phenoxy) is 3. The van der Waals surface area contributed by atoms with E-state index in [4.69, 9.17) is 19.2 Å². The van der Waals surface area contributed by atoms with E-state index in [1.807, 2.05) is 89.6 Å². The fraction of sp³-hybridized carbons (Fsp3) is 0.303. The summed E-state index contributed by atoms with van der Waals surface area (Å²) in [6.45, 7) is 3.96. The largest absolute Gasteiger partial charge is 0.497 e. The number of morpholine rings is 1. The van der Waals surface area contributed by atoms with Gasteiger partial charge in [0.05, 0.1) is 46.1 Å². The molecule has 43 heavy (non-hydrogen) atoms. The number of hydrogen-bond donors (Lipinski definition) is 1. The maximum absolute atomic E-state index is 13.5. The van der Waals surface area contributed by atoms with E-state index >= 15 is 0 Å². The van der Waals surface area contributed by atoms with Crippen molar-refractivity contribution >= 4 is 17.8 Å². The first-order chi connectivity index (χ1) is 21.0. The molecule has 5 rings (SSSR count). The lowest BCUT2D eigenvalue weighted by molar-refractivity contribution is -0.134. The zero-order valence-corrected chi connectivity index (χ0v) is 24.6. The SMILES string of the molecule is COc1ccc(-c2cn(-c3ccc(OC)cc3)c(NC(=O)CN(CCN3CCOCC3)C(=O)Cc3ccccc3)n2)cc1. The number of rotatable bonds is 12. The van der Waals surface area contributed by atoms with Crippen LogP contribution in [0.15, 0.2) is 85.1 Å². The fourth-order valence-electron chi connectivity index (χ4n) is 4.91. The van der Waals surface area contributed by atoms with E-state index in [1.165, 1.54) is 0 Å². The topological polar surface area (TPSA) is 98.2 Å². The van der Waals surface area contributed by atoms with Gasteiger partial charge in [-0.3, -0.25) is 24.4 Å². The van der Waals surface area contributed by atoms with Gasteiger partial charge in [0.15, 0.2) is 0 Å². The number of anilines is 1.